The summed E-state index contributed by atoms with van der Waals surface area (Å²) in [5.41, 5.74) is 1.62. The quantitative estimate of drug-likeness (QED) is 0.741. The second-order valence-electron chi connectivity index (χ2n) is 4.27. The van der Waals surface area contributed by atoms with Crippen LogP contribution < -0.4 is 4.74 Å². The van der Waals surface area contributed by atoms with Crippen molar-refractivity contribution in [3.8, 4) is 5.88 Å². The van der Waals surface area contributed by atoms with Crippen LogP contribution in [0.4, 0.5) is 0 Å². The van der Waals surface area contributed by atoms with Crippen molar-refractivity contribution in [3.05, 3.63) is 29.1 Å². The van der Waals surface area contributed by atoms with E-state index in [4.69, 9.17) is 17.0 Å². The van der Waals surface area contributed by atoms with E-state index in [9.17, 15) is 0 Å². The lowest BCUT2D eigenvalue weighted by Crippen LogP contribution is -2.08. The maximum atomic E-state index is 5.35. The number of pyridine rings is 1. The zero-order valence-electron chi connectivity index (χ0n) is 11.2. The van der Waals surface area contributed by atoms with Crippen molar-refractivity contribution >= 4 is 23.4 Å². The maximum absolute atomic E-state index is 5.35. The lowest BCUT2D eigenvalue weighted by atomic mass is 10.4. The van der Waals surface area contributed by atoms with Crippen LogP contribution in [-0.4, -0.2) is 36.4 Å². The maximum Gasteiger partial charge on any atom is 0.215 e. The van der Waals surface area contributed by atoms with Gasteiger partial charge in [0.1, 0.15) is 6.33 Å². The molecule has 0 aliphatic heterocycles. The number of rotatable bonds is 4. The van der Waals surface area contributed by atoms with Crippen molar-refractivity contribution in [1.82, 2.24) is 29.3 Å². The van der Waals surface area contributed by atoms with Gasteiger partial charge in [-0.05, 0) is 25.2 Å². The van der Waals surface area contributed by atoms with Gasteiger partial charge in [0, 0.05) is 12.6 Å². The third-order valence-corrected chi connectivity index (χ3v) is 3.46. The van der Waals surface area contributed by atoms with Gasteiger partial charge in [0.2, 0.25) is 5.88 Å². The van der Waals surface area contributed by atoms with E-state index < -0.39 is 0 Å². The third-order valence-electron chi connectivity index (χ3n) is 3.14. The van der Waals surface area contributed by atoms with Crippen molar-refractivity contribution in [3.63, 3.8) is 0 Å². The van der Waals surface area contributed by atoms with Crippen LogP contribution in [0.15, 0.2) is 18.5 Å². The van der Waals surface area contributed by atoms with Crippen LogP contribution in [0.2, 0.25) is 0 Å². The summed E-state index contributed by atoms with van der Waals surface area (Å²) >= 11 is 5.35. The van der Waals surface area contributed by atoms with E-state index in [0.29, 0.717) is 17.2 Å². The van der Waals surface area contributed by atoms with Gasteiger partial charge in [-0.3, -0.25) is 4.57 Å². The second kappa shape index (κ2) is 5.04. The van der Waals surface area contributed by atoms with Gasteiger partial charge in [-0.1, -0.05) is 0 Å². The highest BCUT2D eigenvalue weighted by Gasteiger charge is 2.11. The van der Waals surface area contributed by atoms with Crippen molar-refractivity contribution < 1.29 is 4.74 Å². The Bertz CT molecular complexity index is 802. The molecule has 0 aromatic carbocycles. The lowest BCUT2D eigenvalue weighted by molar-refractivity contribution is 0.399. The first-order chi connectivity index (χ1) is 9.72. The number of nitrogens with zero attached hydrogens (tertiary/aromatic N) is 5. The highest BCUT2D eigenvalue weighted by molar-refractivity contribution is 7.71. The molecule has 3 aromatic rings. The van der Waals surface area contributed by atoms with E-state index in [0.717, 1.165) is 23.5 Å². The average molecular weight is 290 g/mol. The summed E-state index contributed by atoms with van der Waals surface area (Å²) in [5.74, 6) is 1.39. The summed E-state index contributed by atoms with van der Waals surface area (Å²) in [6.45, 7) is 3.38. The van der Waals surface area contributed by atoms with Crippen molar-refractivity contribution in [2.24, 2.45) is 0 Å². The second-order valence-corrected chi connectivity index (χ2v) is 4.66. The third kappa shape index (κ3) is 2.07. The predicted octanol–water partition coefficient (Wildman–Crippen LogP) is 1.76. The van der Waals surface area contributed by atoms with Crippen LogP contribution in [0.3, 0.4) is 0 Å². The summed E-state index contributed by atoms with van der Waals surface area (Å²) in [5, 5.41) is 8.05. The molecule has 3 aromatic heterocycles. The van der Waals surface area contributed by atoms with Gasteiger partial charge in [-0.2, -0.15) is 4.98 Å². The normalized spacial score (nSPS) is 11.1. The van der Waals surface area contributed by atoms with E-state index in [-0.39, 0.29) is 0 Å². The Balaban J connectivity index is 2.10. The van der Waals surface area contributed by atoms with Gasteiger partial charge >= 0.3 is 0 Å². The summed E-state index contributed by atoms with van der Waals surface area (Å²) in [6.07, 6.45) is 1.71. The molecular formula is C12H14N6OS. The Hall–Kier alpha value is -2.22. The number of H-pyrrole nitrogens is 1. The van der Waals surface area contributed by atoms with E-state index >= 15 is 0 Å². The molecule has 0 aliphatic rings. The van der Waals surface area contributed by atoms with E-state index in [2.05, 4.69) is 20.2 Å². The predicted molar refractivity (Wildman–Crippen MR) is 76.3 cm³/mol. The molecule has 0 fully saturated rings. The fourth-order valence-corrected chi connectivity index (χ4v) is 2.34. The standard InChI is InChI=1S/C12H14N6OS/c1-3-17-7-13-16-9(17)6-18-11-8(14-12(18)20)4-5-10(15-11)19-2/h4-5,7H,3,6H2,1-2H3,(H,14,20). The van der Waals surface area contributed by atoms with Crippen molar-refractivity contribution in [1.29, 1.82) is 0 Å². The van der Waals surface area contributed by atoms with Crippen LogP contribution in [0.25, 0.3) is 11.2 Å². The Kier molecular flexibility index (Phi) is 3.23. The van der Waals surface area contributed by atoms with E-state index in [1.807, 2.05) is 22.1 Å². The van der Waals surface area contributed by atoms with Crippen molar-refractivity contribution in [2.45, 2.75) is 20.0 Å². The molecule has 0 aliphatic carbocycles. The van der Waals surface area contributed by atoms with Crippen LogP contribution in [-0.2, 0) is 13.1 Å². The molecule has 104 valence electrons. The van der Waals surface area contributed by atoms with Gasteiger partial charge in [0.05, 0.1) is 19.2 Å². The summed E-state index contributed by atoms with van der Waals surface area (Å²) in [7, 11) is 1.59. The molecule has 0 amide bonds. The molecular weight excluding hydrogens is 276 g/mol. The number of imidazole rings is 1. The van der Waals surface area contributed by atoms with Gasteiger partial charge in [-0.15, -0.1) is 10.2 Å². The van der Waals surface area contributed by atoms with Crippen LogP contribution >= 0.6 is 12.2 Å². The van der Waals surface area contributed by atoms with Gasteiger partial charge in [0.15, 0.2) is 16.2 Å². The summed E-state index contributed by atoms with van der Waals surface area (Å²) in [4.78, 5) is 7.57. The molecule has 0 spiro atoms. The first-order valence-corrected chi connectivity index (χ1v) is 6.64. The molecule has 0 bridgehead atoms. The molecule has 3 rings (SSSR count). The number of methoxy groups -OCH3 is 1. The SMILES string of the molecule is CCn1cnnc1Cn1c(=S)[nH]c2ccc(OC)nc21. The molecule has 0 radical (unpaired) electrons. The Labute approximate surface area is 120 Å². The molecule has 0 saturated heterocycles. The minimum absolute atomic E-state index is 0.521. The minimum Gasteiger partial charge on any atom is -0.481 e. The first-order valence-electron chi connectivity index (χ1n) is 6.23. The fourth-order valence-electron chi connectivity index (χ4n) is 2.08. The topological polar surface area (TPSA) is 73.5 Å². The molecule has 20 heavy (non-hydrogen) atoms. The Morgan fingerprint density at radius 3 is 3.00 bits per heavy atom. The van der Waals surface area contributed by atoms with Crippen LogP contribution in [0.5, 0.6) is 5.88 Å². The van der Waals surface area contributed by atoms with Gasteiger partial charge < -0.3 is 14.3 Å². The fraction of sp³-hybridized carbons (Fsp3) is 0.333. The largest absolute Gasteiger partial charge is 0.481 e. The van der Waals surface area contributed by atoms with Crippen LogP contribution in [0.1, 0.15) is 12.7 Å². The number of nitrogens with one attached hydrogen (secondary N) is 1. The number of hydrogen-bond donors (Lipinski definition) is 1. The zero-order valence-corrected chi connectivity index (χ0v) is 12.0. The average Bonchev–Trinajstić information content (AvgIpc) is 3.03. The molecule has 1 N–H and O–H groups in total. The van der Waals surface area contributed by atoms with Gasteiger partial charge in [-0.25, -0.2) is 0 Å². The lowest BCUT2D eigenvalue weighted by Gasteiger charge is -2.05. The highest BCUT2D eigenvalue weighted by Crippen LogP contribution is 2.17. The highest BCUT2D eigenvalue weighted by atomic mass is 32.1. The number of fused-ring (bicyclic) bond motifs is 1. The van der Waals surface area contributed by atoms with Gasteiger partial charge in [0.25, 0.3) is 0 Å². The zero-order chi connectivity index (χ0) is 14.1. The number of aryl methyl sites for hydroxylation is 1. The molecule has 8 heteroatoms. The molecule has 0 saturated carbocycles. The van der Waals surface area contributed by atoms with Crippen molar-refractivity contribution in [2.75, 3.05) is 7.11 Å². The smallest absolute Gasteiger partial charge is 0.215 e. The number of ether oxygens (including phenoxy) is 1. The van der Waals surface area contributed by atoms with E-state index in [1.165, 1.54) is 0 Å². The number of aromatic amines is 1. The molecule has 7 nitrogen and oxygen atoms in total. The Morgan fingerprint density at radius 1 is 1.40 bits per heavy atom. The monoisotopic (exact) mass is 290 g/mol. The number of hydrogen-bond acceptors (Lipinski definition) is 5. The Morgan fingerprint density at radius 2 is 2.25 bits per heavy atom. The molecule has 0 atom stereocenters. The molecule has 0 unspecified atom stereocenters. The van der Waals surface area contributed by atoms with Crippen LogP contribution in [0, 0.1) is 4.77 Å². The summed E-state index contributed by atoms with van der Waals surface area (Å²) < 4.78 is 9.63. The summed E-state index contributed by atoms with van der Waals surface area (Å²) in [6, 6.07) is 3.70. The van der Waals surface area contributed by atoms with E-state index in [1.54, 1.807) is 19.5 Å². The first kappa shape index (κ1) is 12.8. The molecule has 3 heterocycles. The number of aromatic nitrogens is 6. The minimum atomic E-state index is 0.521.